The fraction of sp³-hybridized carbons (Fsp3) is 0.300. The SMILES string of the molecule is CCOC(=O)C1C(c2ccc(OC)cc2)=NCC1c1ccccc1. The van der Waals surface area contributed by atoms with Crippen molar-refractivity contribution >= 4 is 11.7 Å². The summed E-state index contributed by atoms with van der Waals surface area (Å²) in [4.78, 5) is 17.3. The maximum atomic E-state index is 12.6. The van der Waals surface area contributed by atoms with Crippen LogP contribution >= 0.6 is 0 Å². The highest BCUT2D eigenvalue weighted by Crippen LogP contribution is 2.35. The van der Waals surface area contributed by atoms with E-state index in [9.17, 15) is 4.79 Å². The number of nitrogens with zero attached hydrogens (tertiary/aromatic N) is 1. The van der Waals surface area contributed by atoms with Crippen molar-refractivity contribution in [1.82, 2.24) is 0 Å². The number of methoxy groups -OCH3 is 1. The van der Waals surface area contributed by atoms with E-state index in [2.05, 4.69) is 4.99 Å². The van der Waals surface area contributed by atoms with Crippen LogP contribution in [-0.4, -0.2) is 31.9 Å². The predicted octanol–water partition coefficient (Wildman–Crippen LogP) is 3.46. The fourth-order valence-electron chi connectivity index (χ4n) is 3.13. The van der Waals surface area contributed by atoms with Crippen LogP contribution in [0.25, 0.3) is 0 Å². The Balaban J connectivity index is 1.94. The fourth-order valence-corrected chi connectivity index (χ4v) is 3.13. The van der Waals surface area contributed by atoms with E-state index in [1.165, 1.54) is 0 Å². The van der Waals surface area contributed by atoms with Crippen molar-refractivity contribution in [2.45, 2.75) is 12.8 Å². The molecule has 1 aliphatic rings. The second kappa shape index (κ2) is 7.30. The van der Waals surface area contributed by atoms with Crippen molar-refractivity contribution in [1.29, 1.82) is 0 Å². The first-order valence-electron chi connectivity index (χ1n) is 8.15. The summed E-state index contributed by atoms with van der Waals surface area (Å²) in [6.45, 7) is 2.79. The normalized spacial score (nSPS) is 19.7. The number of rotatable bonds is 5. The molecule has 0 aliphatic carbocycles. The lowest BCUT2D eigenvalue weighted by molar-refractivity contribution is -0.145. The lowest BCUT2D eigenvalue weighted by Gasteiger charge is -2.20. The van der Waals surface area contributed by atoms with Gasteiger partial charge in [0.05, 0.1) is 19.4 Å². The van der Waals surface area contributed by atoms with Crippen molar-refractivity contribution < 1.29 is 14.3 Å². The summed E-state index contributed by atoms with van der Waals surface area (Å²) in [7, 11) is 1.63. The van der Waals surface area contributed by atoms with Crippen LogP contribution in [0.2, 0.25) is 0 Å². The van der Waals surface area contributed by atoms with Crippen LogP contribution in [0, 0.1) is 5.92 Å². The Morgan fingerprint density at radius 2 is 1.83 bits per heavy atom. The predicted molar refractivity (Wildman–Crippen MR) is 93.7 cm³/mol. The Kier molecular flexibility index (Phi) is 4.94. The molecule has 0 aromatic heterocycles. The van der Waals surface area contributed by atoms with Gasteiger partial charge in [0.1, 0.15) is 11.7 Å². The average Bonchev–Trinajstić information content (AvgIpc) is 3.08. The molecule has 2 unspecified atom stereocenters. The third-order valence-corrected chi connectivity index (χ3v) is 4.31. The van der Waals surface area contributed by atoms with Crippen molar-refractivity contribution in [3.63, 3.8) is 0 Å². The van der Waals surface area contributed by atoms with Gasteiger partial charge in [-0.05, 0) is 42.3 Å². The van der Waals surface area contributed by atoms with Gasteiger partial charge in [-0.2, -0.15) is 0 Å². The minimum Gasteiger partial charge on any atom is -0.497 e. The first-order valence-corrected chi connectivity index (χ1v) is 8.15. The molecule has 1 heterocycles. The lowest BCUT2D eigenvalue weighted by atomic mass is 9.83. The molecule has 2 aromatic carbocycles. The van der Waals surface area contributed by atoms with Crippen LogP contribution in [0.15, 0.2) is 59.6 Å². The zero-order chi connectivity index (χ0) is 16.9. The Hall–Kier alpha value is -2.62. The summed E-state index contributed by atoms with van der Waals surface area (Å²) in [5, 5.41) is 0. The van der Waals surface area contributed by atoms with E-state index in [0.29, 0.717) is 13.2 Å². The molecule has 0 bridgehead atoms. The van der Waals surface area contributed by atoms with E-state index in [1.807, 2.05) is 61.5 Å². The molecule has 4 heteroatoms. The number of hydrogen-bond acceptors (Lipinski definition) is 4. The van der Waals surface area contributed by atoms with Gasteiger partial charge in [0.2, 0.25) is 0 Å². The number of aliphatic imine (C=N–C) groups is 1. The summed E-state index contributed by atoms with van der Waals surface area (Å²) in [6, 6.07) is 17.7. The van der Waals surface area contributed by atoms with Gasteiger partial charge in [0, 0.05) is 12.5 Å². The van der Waals surface area contributed by atoms with E-state index >= 15 is 0 Å². The second-order valence-corrected chi connectivity index (χ2v) is 5.70. The van der Waals surface area contributed by atoms with Gasteiger partial charge in [-0.3, -0.25) is 9.79 Å². The molecule has 2 aromatic rings. The van der Waals surface area contributed by atoms with Crippen molar-refractivity contribution in [2.75, 3.05) is 20.3 Å². The number of carbonyl (C=O) groups is 1. The van der Waals surface area contributed by atoms with E-state index in [0.717, 1.165) is 22.6 Å². The quantitative estimate of drug-likeness (QED) is 0.792. The number of benzene rings is 2. The molecule has 0 fully saturated rings. The summed E-state index contributed by atoms with van der Waals surface area (Å²) in [6.07, 6.45) is 0. The molecule has 0 spiro atoms. The molecule has 0 N–H and O–H groups in total. The zero-order valence-corrected chi connectivity index (χ0v) is 13.9. The maximum absolute atomic E-state index is 12.6. The molecule has 24 heavy (non-hydrogen) atoms. The Bertz CT molecular complexity index is 722. The van der Waals surface area contributed by atoms with Crippen molar-refractivity contribution in [3.05, 3.63) is 65.7 Å². The number of carbonyl (C=O) groups excluding carboxylic acids is 1. The third-order valence-electron chi connectivity index (χ3n) is 4.31. The second-order valence-electron chi connectivity index (χ2n) is 5.70. The molecule has 124 valence electrons. The number of ether oxygens (including phenoxy) is 2. The first kappa shape index (κ1) is 16.2. The van der Waals surface area contributed by atoms with Gasteiger partial charge in [-0.1, -0.05) is 30.3 Å². The van der Waals surface area contributed by atoms with Gasteiger partial charge < -0.3 is 9.47 Å². The first-order chi connectivity index (χ1) is 11.7. The zero-order valence-electron chi connectivity index (χ0n) is 13.9. The van der Waals surface area contributed by atoms with Crippen LogP contribution in [0.4, 0.5) is 0 Å². The molecule has 0 radical (unpaired) electrons. The molecular weight excluding hydrogens is 302 g/mol. The largest absolute Gasteiger partial charge is 0.497 e. The maximum Gasteiger partial charge on any atom is 0.315 e. The average molecular weight is 323 g/mol. The molecule has 1 aliphatic heterocycles. The monoisotopic (exact) mass is 323 g/mol. The molecular formula is C20H21NO3. The highest BCUT2D eigenvalue weighted by molar-refractivity contribution is 6.13. The molecule has 0 amide bonds. The molecule has 3 rings (SSSR count). The van der Waals surface area contributed by atoms with Gasteiger partial charge in [0.25, 0.3) is 0 Å². The van der Waals surface area contributed by atoms with E-state index in [1.54, 1.807) is 7.11 Å². The summed E-state index contributed by atoms with van der Waals surface area (Å²) >= 11 is 0. The van der Waals surface area contributed by atoms with E-state index in [4.69, 9.17) is 9.47 Å². The Morgan fingerprint density at radius 3 is 2.46 bits per heavy atom. The van der Waals surface area contributed by atoms with Crippen LogP contribution in [0.5, 0.6) is 5.75 Å². The van der Waals surface area contributed by atoms with Gasteiger partial charge >= 0.3 is 5.97 Å². The van der Waals surface area contributed by atoms with Crippen LogP contribution in [-0.2, 0) is 9.53 Å². The van der Waals surface area contributed by atoms with Crippen LogP contribution < -0.4 is 4.74 Å². The molecule has 0 saturated heterocycles. The van der Waals surface area contributed by atoms with Crippen molar-refractivity contribution in [3.8, 4) is 5.75 Å². The number of esters is 1. The van der Waals surface area contributed by atoms with Crippen LogP contribution in [0.1, 0.15) is 24.0 Å². The lowest BCUT2D eigenvalue weighted by Crippen LogP contribution is -2.29. The highest BCUT2D eigenvalue weighted by atomic mass is 16.5. The summed E-state index contributed by atoms with van der Waals surface area (Å²) < 4.78 is 10.5. The van der Waals surface area contributed by atoms with E-state index < -0.39 is 0 Å². The molecule has 2 atom stereocenters. The third kappa shape index (κ3) is 3.18. The van der Waals surface area contributed by atoms with E-state index in [-0.39, 0.29) is 17.8 Å². The summed E-state index contributed by atoms with van der Waals surface area (Å²) in [5.41, 5.74) is 2.85. The Morgan fingerprint density at radius 1 is 1.12 bits per heavy atom. The molecule has 0 saturated carbocycles. The minimum absolute atomic E-state index is 0.0161. The van der Waals surface area contributed by atoms with Crippen molar-refractivity contribution in [2.24, 2.45) is 10.9 Å². The van der Waals surface area contributed by atoms with Gasteiger partial charge in [0.15, 0.2) is 0 Å². The summed E-state index contributed by atoms with van der Waals surface area (Å²) in [5.74, 6) is 0.214. The smallest absolute Gasteiger partial charge is 0.315 e. The highest BCUT2D eigenvalue weighted by Gasteiger charge is 2.39. The number of hydrogen-bond donors (Lipinski definition) is 0. The molecule has 4 nitrogen and oxygen atoms in total. The van der Waals surface area contributed by atoms with Gasteiger partial charge in [-0.15, -0.1) is 0 Å². The van der Waals surface area contributed by atoms with Gasteiger partial charge in [-0.25, -0.2) is 0 Å². The minimum atomic E-state index is -0.374. The standard InChI is InChI=1S/C20H21NO3/c1-3-24-20(22)18-17(14-7-5-4-6-8-14)13-21-19(18)15-9-11-16(23-2)12-10-15/h4-12,17-18H,3,13H2,1-2H3. The Labute approximate surface area is 142 Å². The topological polar surface area (TPSA) is 47.9 Å². The van der Waals surface area contributed by atoms with Crippen LogP contribution in [0.3, 0.4) is 0 Å².